The number of halogens is 1. The van der Waals surface area contributed by atoms with Crippen LogP contribution in [-0.4, -0.2) is 63.4 Å². The van der Waals surface area contributed by atoms with E-state index in [2.05, 4.69) is 0 Å². The third-order valence-electron chi connectivity index (χ3n) is 5.63. The monoisotopic (exact) mass is 445 g/mol. The van der Waals surface area contributed by atoms with E-state index in [1.165, 1.54) is 0 Å². The average molecular weight is 446 g/mol. The lowest BCUT2D eigenvalue weighted by Crippen LogP contribution is -2.52. The zero-order chi connectivity index (χ0) is 20.9. The van der Waals surface area contributed by atoms with E-state index >= 15 is 0 Å². The summed E-state index contributed by atoms with van der Waals surface area (Å²) in [4.78, 5) is 0. The molecule has 29 heavy (non-hydrogen) atoms. The third-order valence-corrected chi connectivity index (χ3v) is 7.73. The van der Waals surface area contributed by atoms with Crippen molar-refractivity contribution >= 4 is 21.6 Å². The van der Waals surface area contributed by atoms with Crippen LogP contribution in [0.2, 0.25) is 5.02 Å². The number of rotatable bonds is 8. The first-order chi connectivity index (χ1) is 13.8. The Morgan fingerprint density at radius 3 is 2.55 bits per heavy atom. The van der Waals surface area contributed by atoms with E-state index in [1.54, 1.807) is 28.6 Å². The van der Waals surface area contributed by atoms with E-state index in [0.29, 0.717) is 50.8 Å². The van der Waals surface area contributed by atoms with Gasteiger partial charge in [-0.2, -0.15) is 0 Å². The Bertz CT molecular complexity index is 745. The molecule has 2 aliphatic rings. The highest BCUT2D eigenvalue weighted by atomic mass is 35.5. The van der Waals surface area contributed by atoms with Gasteiger partial charge in [-0.05, 0) is 50.8 Å². The molecule has 0 aromatic heterocycles. The van der Waals surface area contributed by atoms with Gasteiger partial charge in [0, 0.05) is 31.1 Å². The molecule has 2 saturated heterocycles. The smallest absolute Gasteiger partial charge is 0.218 e. The number of benzene rings is 1. The van der Waals surface area contributed by atoms with E-state index in [1.807, 2.05) is 13.8 Å². The average Bonchev–Trinajstić information content (AvgIpc) is 2.67. The second-order valence-electron chi connectivity index (χ2n) is 8.22. The minimum atomic E-state index is -3.36. The molecule has 6 nitrogen and oxygen atoms in total. The Morgan fingerprint density at radius 2 is 1.90 bits per heavy atom. The summed E-state index contributed by atoms with van der Waals surface area (Å²) in [5.74, 6) is -0.000384. The van der Waals surface area contributed by atoms with E-state index in [-0.39, 0.29) is 23.6 Å². The number of sulfonamides is 1. The van der Waals surface area contributed by atoms with Crippen LogP contribution in [-0.2, 0) is 30.0 Å². The van der Waals surface area contributed by atoms with E-state index in [9.17, 15) is 8.42 Å². The summed E-state index contributed by atoms with van der Waals surface area (Å²) in [6, 6.07) is 6.97. The fourth-order valence-electron chi connectivity index (χ4n) is 4.03. The molecule has 3 rings (SSSR count). The SMILES string of the molecule is CC(C)OCCOC1CCOC2(CCN(S(=O)(=O)Cc3ccc(Cl)cc3)CC2)C1. The summed E-state index contributed by atoms with van der Waals surface area (Å²) in [7, 11) is -3.36. The number of hydrogen-bond acceptors (Lipinski definition) is 5. The molecule has 0 N–H and O–H groups in total. The van der Waals surface area contributed by atoms with Crippen LogP contribution in [0.3, 0.4) is 0 Å². The van der Waals surface area contributed by atoms with Crippen LogP contribution in [0.5, 0.6) is 0 Å². The van der Waals surface area contributed by atoms with Gasteiger partial charge in [0.05, 0.1) is 36.8 Å². The normalized spacial score (nSPS) is 23.0. The molecular weight excluding hydrogens is 414 g/mol. The lowest BCUT2D eigenvalue weighted by molar-refractivity contribution is -0.154. The second kappa shape index (κ2) is 10.1. The van der Waals surface area contributed by atoms with Crippen LogP contribution in [0.4, 0.5) is 0 Å². The molecule has 1 aromatic carbocycles. The summed E-state index contributed by atoms with van der Waals surface area (Å²) < 4.78 is 44.9. The molecule has 0 saturated carbocycles. The Morgan fingerprint density at radius 1 is 1.21 bits per heavy atom. The lowest BCUT2D eigenvalue weighted by atomic mass is 9.84. The molecule has 0 amide bonds. The molecule has 1 spiro atoms. The summed E-state index contributed by atoms with van der Waals surface area (Å²) in [6.07, 6.45) is 3.46. The van der Waals surface area contributed by atoms with Crippen molar-refractivity contribution in [3.63, 3.8) is 0 Å². The molecule has 1 aromatic rings. The van der Waals surface area contributed by atoms with E-state index < -0.39 is 10.0 Å². The highest BCUT2D eigenvalue weighted by molar-refractivity contribution is 7.88. The highest BCUT2D eigenvalue weighted by Crippen LogP contribution is 2.37. The van der Waals surface area contributed by atoms with Crippen molar-refractivity contribution in [2.75, 3.05) is 32.9 Å². The molecule has 0 radical (unpaired) electrons. The predicted octanol–water partition coefficient (Wildman–Crippen LogP) is 3.63. The van der Waals surface area contributed by atoms with Gasteiger partial charge in [-0.15, -0.1) is 0 Å². The van der Waals surface area contributed by atoms with Crippen LogP contribution >= 0.6 is 11.6 Å². The molecule has 164 valence electrons. The molecule has 0 aliphatic carbocycles. The standard InChI is InChI=1S/C21H32ClNO5S/c1-17(2)26-13-14-27-20-7-12-28-21(15-20)8-10-23(11-9-21)29(24,25)16-18-3-5-19(22)6-4-18/h3-6,17,20H,7-16H2,1-2H3. The summed E-state index contributed by atoms with van der Waals surface area (Å²) in [5, 5.41) is 0.605. The molecule has 0 bridgehead atoms. The summed E-state index contributed by atoms with van der Waals surface area (Å²) in [5.41, 5.74) is 0.481. The highest BCUT2D eigenvalue weighted by Gasteiger charge is 2.42. The fraction of sp³-hybridized carbons (Fsp3) is 0.714. The van der Waals surface area contributed by atoms with Crippen LogP contribution in [0.25, 0.3) is 0 Å². The van der Waals surface area contributed by atoms with E-state index in [0.717, 1.165) is 18.4 Å². The van der Waals surface area contributed by atoms with Crippen molar-refractivity contribution in [3.8, 4) is 0 Å². The maximum absolute atomic E-state index is 12.8. The predicted molar refractivity (Wildman–Crippen MR) is 114 cm³/mol. The number of ether oxygens (including phenoxy) is 3. The van der Waals surface area contributed by atoms with Gasteiger partial charge in [0.1, 0.15) is 0 Å². The quantitative estimate of drug-likeness (QED) is 0.572. The van der Waals surface area contributed by atoms with Crippen LogP contribution in [0, 0.1) is 0 Å². The number of nitrogens with zero attached hydrogens (tertiary/aromatic N) is 1. The van der Waals surface area contributed by atoms with Gasteiger partial charge < -0.3 is 14.2 Å². The summed E-state index contributed by atoms with van der Waals surface area (Å²) in [6.45, 7) is 6.83. The molecule has 1 unspecified atom stereocenters. The molecule has 2 fully saturated rings. The summed E-state index contributed by atoms with van der Waals surface area (Å²) >= 11 is 5.89. The minimum Gasteiger partial charge on any atom is -0.376 e. The first-order valence-electron chi connectivity index (χ1n) is 10.4. The van der Waals surface area contributed by atoms with Crippen molar-refractivity contribution < 1.29 is 22.6 Å². The van der Waals surface area contributed by atoms with Crippen molar-refractivity contribution in [1.29, 1.82) is 0 Å². The van der Waals surface area contributed by atoms with Gasteiger partial charge in [0.15, 0.2) is 0 Å². The third kappa shape index (κ3) is 6.64. The van der Waals surface area contributed by atoms with Crippen LogP contribution in [0.15, 0.2) is 24.3 Å². The zero-order valence-corrected chi connectivity index (χ0v) is 18.9. The zero-order valence-electron chi connectivity index (χ0n) is 17.3. The van der Waals surface area contributed by atoms with Crippen LogP contribution in [0.1, 0.15) is 45.1 Å². The van der Waals surface area contributed by atoms with Gasteiger partial charge in [-0.3, -0.25) is 0 Å². The maximum Gasteiger partial charge on any atom is 0.218 e. The molecule has 8 heteroatoms. The molecule has 1 atom stereocenters. The minimum absolute atomic E-state index is 0.000384. The number of piperidine rings is 1. The first-order valence-corrected chi connectivity index (χ1v) is 12.4. The number of hydrogen-bond donors (Lipinski definition) is 0. The van der Waals surface area contributed by atoms with Crippen molar-refractivity contribution in [3.05, 3.63) is 34.9 Å². The van der Waals surface area contributed by atoms with Gasteiger partial charge in [-0.1, -0.05) is 23.7 Å². The van der Waals surface area contributed by atoms with Gasteiger partial charge >= 0.3 is 0 Å². The Hall–Kier alpha value is -0.700. The van der Waals surface area contributed by atoms with Crippen LogP contribution < -0.4 is 0 Å². The van der Waals surface area contributed by atoms with Gasteiger partial charge in [0.2, 0.25) is 10.0 Å². The van der Waals surface area contributed by atoms with E-state index in [4.69, 9.17) is 25.8 Å². The van der Waals surface area contributed by atoms with Crippen molar-refractivity contribution in [2.45, 2.75) is 63.1 Å². The Balaban J connectivity index is 1.50. The Kier molecular flexibility index (Phi) is 7.98. The topological polar surface area (TPSA) is 65.1 Å². The lowest BCUT2D eigenvalue weighted by Gasteiger charge is -2.45. The Labute approximate surface area is 179 Å². The van der Waals surface area contributed by atoms with Gasteiger partial charge in [-0.25, -0.2) is 12.7 Å². The van der Waals surface area contributed by atoms with Gasteiger partial charge in [0.25, 0.3) is 0 Å². The largest absolute Gasteiger partial charge is 0.376 e. The molecule has 2 aliphatic heterocycles. The first kappa shape index (κ1) is 23.0. The fourth-order valence-corrected chi connectivity index (χ4v) is 5.69. The van der Waals surface area contributed by atoms with Crippen molar-refractivity contribution in [2.24, 2.45) is 0 Å². The molecule has 2 heterocycles. The maximum atomic E-state index is 12.8. The molecular formula is C21H32ClNO5S. The second-order valence-corrected chi connectivity index (χ2v) is 10.6. The van der Waals surface area contributed by atoms with Crippen molar-refractivity contribution in [1.82, 2.24) is 4.31 Å².